The van der Waals surface area contributed by atoms with Crippen molar-refractivity contribution in [1.29, 1.82) is 10.5 Å². The van der Waals surface area contributed by atoms with Crippen LogP contribution in [-0.4, -0.2) is 32.2 Å². The van der Waals surface area contributed by atoms with E-state index < -0.39 is 0 Å². The van der Waals surface area contributed by atoms with Gasteiger partial charge in [0.25, 0.3) is 0 Å². The van der Waals surface area contributed by atoms with Crippen LogP contribution in [-0.2, 0) is 0 Å². The van der Waals surface area contributed by atoms with Gasteiger partial charge in [0.1, 0.15) is 11.5 Å². The highest BCUT2D eigenvalue weighted by Crippen LogP contribution is 2.39. The Kier molecular flexibility index (Phi) is 6.26. The molecule has 0 aromatic heterocycles. The van der Waals surface area contributed by atoms with Crippen molar-refractivity contribution >= 4 is 0 Å². The molecule has 2 rings (SSSR count). The third-order valence-corrected chi connectivity index (χ3v) is 4.41. The lowest BCUT2D eigenvalue weighted by molar-refractivity contribution is 0.226. The van der Waals surface area contributed by atoms with Gasteiger partial charge in [0.2, 0.25) is 0 Å². The SMILES string of the molecule is COc1ccc([C@@H]2CCCN2C[C@H](C#N)CCC#N)c(OC)c1. The molecule has 0 spiro atoms. The van der Waals surface area contributed by atoms with Crippen LogP contribution in [0.25, 0.3) is 0 Å². The molecule has 0 N–H and O–H groups in total. The lowest BCUT2D eigenvalue weighted by Gasteiger charge is -2.27. The number of benzene rings is 1. The number of likely N-dealkylation sites (tertiary alicyclic amines) is 1. The van der Waals surface area contributed by atoms with Gasteiger partial charge in [-0.15, -0.1) is 0 Å². The van der Waals surface area contributed by atoms with E-state index >= 15 is 0 Å². The summed E-state index contributed by atoms with van der Waals surface area (Å²) in [5.41, 5.74) is 1.14. The van der Waals surface area contributed by atoms with Crippen LogP contribution in [0.1, 0.15) is 37.3 Å². The number of nitrogens with zero attached hydrogens (tertiary/aromatic N) is 3. The molecular formula is C18H23N3O2. The van der Waals surface area contributed by atoms with Crippen LogP contribution in [0.4, 0.5) is 0 Å². The van der Waals surface area contributed by atoms with E-state index in [0.29, 0.717) is 19.4 Å². The van der Waals surface area contributed by atoms with Crippen molar-refractivity contribution in [3.05, 3.63) is 23.8 Å². The van der Waals surface area contributed by atoms with Gasteiger partial charge >= 0.3 is 0 Å². The van der Waals surface area contributed by atoms with Crippen LogP contribution in [0.15, 0.2) is 18.2 Å². The van der Waals surface area contributed by atoms with Crippen molar-refractivity contribution in [2.45, 2.75) is 31.7 Å². The molecule has 5 nitrogen and oxygen atoms in total. The van der Waals surface area contributed by atoms with Crippen molar-refractivity contribution in [1.82, 2.24) is 4.90 Å². The Morgan fingerprint density at radius 3 is 2.78 bits per heavy atom. The monoisotopic (exact) mass is 313 g/mol. The van der Waals surface area contributed by atoms with E-state index in [2.05, 4.69) is 23.1 Å². The molecule has 5 heteroatoms. The largest absolute Gasteiger partial charge is 0.497 e. The lowest BCUT2D eigenvalue weighted by Crippen LogP contribution is -2.29. The first-order valence-corrected chi connectivity index (χ1v) is 7.96. The van der Waals surface area contributed by atoms with Crippen LogP contribution >= 0.6 is 0 Å². The minimum Gasteiger partial charge on any atom is -0.497 e. The second-order valence-corrected chi connectivity index (χ2v) is 5.78. The zero-order valence-corrected chi connectivity index (χ0v) is 13.8. The highest BCUT2D eigenvalue weighted by atomic mass is 16.5. The zero-order valence-electron chi connectivity index (χ0n) is 13.8. The maximum absolute atomic E-state index is 9.31. The van der Waals surface area contributed by atoms with E-state index in [0.717, 1.165) is 36.4 Å². The molecule has 2 atom stereocenters. The van der Waals surface area contributed by atoms with Crippen LogP contribution < -0.4 is 9.47 Å². The van der Waals surface area contributed by atoms with E-state index in [1.807, 2.05) is 12.1 Å². The molecule has 0 bridgehead atoms. The molecule has 1 saturated heterocycles. The van der Waals surface area contributed by atoms with Crippen LogP contribution in [0.5, 0.6) is 11.5 Å². The lowest BCUT2D eigenvalue weighted by atomic mass is 10.0. The average molecular weight is 313 g/mol. The van der Waals surface area contributed by atoms with Gasteiger partial charge in [-0.25, -0.2) is 0 Å². The molecule has 122 valence electrons. The first kappa shape index (κ1) is 17.1. The van der Waals surface area contributed by atoms with Gasteiger partial charge in [-0.1, -0.05) is 6.07 Å². The Hall–Kier alpha value is -2.24. The fraction of sp³-hybridized carbons (Fsp3) is 0.556. The Morgan fingerprint density at radius 1 is 1.30 bits per heavy atom. The summed E-state index contributed by atoms with van der Waals surface area (Å²) in [6, 6.07) is 10.6. The fourth-order valence-corrected chi connectivity index (χ4v) is 3.21. The van der Waals surface area contributed by atoms with Crippen molar-refractivity contribution in [3.63, 3.8) is 0 Å². The predicted octanol–water partition coefficient (Wildman–Crippen LogP) is 3.28. The number of hydrogen-bond donors (Lipinski definition) is 0. The van der Waals surface area contributed by atoms with Gasteiger partial charge in [-0.05, 0) is 31.9 Å². The Balaban J connectivity index is 2.15. The molecule has 1 fully saturated rings. The molecule has 1 aliphatic heterocycles. The van der Waals surface area contributed by atoms with Crippen LogP contribution in [0, 0.1) is 28.6 Å². The molecular weight excluding hydrogens is 290 g/mol. The summed E-state index contributed by atoms with van der Waals surface area (Å²) in [5, 5.41) is 18.0. The van der Waals surface area contributed by atoms with E-state index in [4.69, 9.17) is 14.7 Å². The van der Waals surface area contributed by atoms with Crippen molar-refractivity contribution in [2.24, 2.45) is 5.92 Å². The number of nitriles is 2. The summed E-state index contributed by atoms with van der Waals surface area (Å²) in [6.07, 6.45) is 3.23. The molecule has 1 aliphatic rings. The van der Waals surface area contributed by atoms with Gasteiger partial charge in [0.15, 0.2) is 0 Å². The molecule has 0 saturated carbocycles. The van der Waals surface area contributed by atoms with Gasteiger partial charge in [0.05, 0.1) is 32.3 Å². The summed E-state index contributed by atoms with van der Waals surface area (Å²) in [4.78, 5) is 2.34. The molecule has 1 aromatic rings. The fourth-order valence-electron chi connectivity index (χ4n) is 3.21. The Bertz CT molecular complexity index is 603. The highest BCUT2D eigenvalue weighted by molar-refractivity contribution is 5.42. The van der Waals surface area contributed by atoms with E-state index in [1.165, 1.54) is 0 Å². The third kappa shape index (κ3) is 4.15. The van der Waals surface area contributed by atoms with Gasteiger partial charge in [-0.3, -0.25) is 4.90 Å². The standard InChI is InChI=1S/C18H23N3O2/c1-22-15-7-8-16(18(11-15)23-2)17-6-4-10-21(17)13-14(12-20)5-3-9-19/h7-8,11,14,17H,3-6,10,13H2,1-2H3/t14-,17-/m0/s1. The number of methoxy groups -OCH3 is 2. The molecule has 0 radical (unpaired) electrons. The quantitative estimate of drug-likeness (QED) is 0.772. The minimum atomic E-state index is -0.0977. The zero-order chi connectivity index (χ0) is 16.7. The smallest absolute Gasteiger partial charge is 0.127 e. The minimum absolute atomic E-state index is 0.0977. The first-order chi connectivity index (χ1) is 11.2. The number of hydrogen-bond acceptors (Lipinski definition) is 5. The maximum atomic E-state index is 9.31. The topological polar surface area (TPSA) is 69.3 Å². The van der Waals surface area contributed by atoms with Crippen molar-refractivity contribution < 1.29 is 9.47 Å². The molecule has 1 heterocycles. The van der Waals surface area contributed by atoms with Crippen molar-refractivity contribution in [2.75, 3.05) is 27.3 Å². The maximum Gasteiger partial charge on any atom is 0.127 e. The van der Waals surface area contributed by atoms with E-state index in [1.54, 1.807) is 14.2 Å². The normalized spacial score (nSPS) is 18.9. The molecule has 1 aromatic carbocycles. The van der Waals surface area contributed by atoms with E-state index in [9.17, 15) is 5.26 Å². The predicted molar refractivity (Wildman–Crippen MR) is 87.0 cm³/mol. The van der Waals surface area contributed by atoms with Gasteiger partial charge in [0, 0.05) is 30.6 Å². The number of rotatable bonds is 7. The van der Waals surface area contributed by atoms with Gasteiger partial charge in [-0.2, -0.15) is 10.5 Å². The number of ether oxygens (including phenoxy) is 2. The molecule has 23 heavy (non-hydrogen) atoms. The Morgan fingerprint density at radius 2 is 2.13 bits per heavy atom. The molecule has 0 unspecified atom stereocenters. The molecule has 0 aliphatic carbocycles. The van der Waals surface area contributed by atoms with Crippen molar-refractivity contribution in [3.8, 4) is 23.6 Å². The summed E-state index contributed by atoms with van der Waals surface area (Å²) >= 11 is 0. The highest BCUT2D eigenvalue weighted by Gasteiger charge is 2.30. The second-order valence-electron chi connectivity index (χ2n) is 5.78. The summed E-state index contributed by atoms with van der Waals surface area (Å²) in [5.74, 6) is 1.50. The third-order valence-electron chi connectivity index (χ3n) is 4.41. The van der Waals surface area contributed by atoms with Crippen LogP contribution in [0.3, 0.4) is 0 Å². The summed E-state index contributed by atoms with van der Waals surface area (Å²) in [6.45, 7) is 1.68. The summed E-state index contributed by atoms with van der Waals surface area (Å²) < 4.78 is 10.8. The van der Waals surface area contributed by atoms with Crippen LogP contribution in [0.2, 0.25) is 0 Å². The molecule has 0 amide bonds. The first-order valence-electron chi connectivity index (χ1n) is 7.96. The summed E-state index contributed by atoms with van der Waals surface area (Å²) in [7, 11) is 3.31. The van der Waals surface area contributed by atoms with Gasteiger partial charge < -0.3 is 9.47 Å². The average Bonchev–Trinajstić information content (AvgIpc) is 3.05. The Labute approximate surface area is 138 Å². The van der Waals surface area contributed by atoms with E-state index in [-0.39, 0.29) is 12.0 Å². The second kappa shape index (κ2) is 8.41.